The van der Waals surface area contributed by atoms with E-state index in [4.69, 9.17) is 0 Å². The van der Waals surface area contributed by atoms with Gasteiger partial charge in [-0.15, -0.1) is 24.0 Å². The van der Waals surface area contributed by atoms with Crippen LogP contribution in [0.15, 0.2) is 4.99 Å². The summed E-state index contributed by atoms with van der Waals surface area (Å²) in [5.74, 6) is 2.07. The topological polar surface area (TPSA) is 65.0 Å². The molecule has 0 aliphatic carbocycles. The number of hydrogen-bond acceptors (Lipinski definition) is 4. The highest BCUT2D eigenvalue weighted by molar-refractivity contribution is 14.0. The van der Waals surface area contributed by atoms with Crippen LogP contribution in [-0.4, -0.2) is 80.6 Å². The Kier molecular flexibility index (Phi) is 11.9. The van der Waals surface area contributed by atoms with Crippen molar-refractivity contribution < 1.29 is 8.42 Å². The monoisotopic (exact) mass is 478 g/mol. The number of halogens is 1. The second kappa shape index (κ2) is 11.8. The van der Waals surface area contributed by atoms with Crippen molar-refractivity contribution in [3.05, 3.63) is 0 Å². The molecular weight excluding hydrogens is 447 g/mol. The van der Waals surface area contributed by atoms with Gasteiger partial charge in [0.05, 0.1) is 6.26 Å². The second-order valence-corrected chi connectivity index (χ2v) is 8.82. The minimum atomic E-state index is -3.09. The van der Waals surface area contributed by atoms with Crippen LogP contribution in [0.4, 0.5) is 0 Å². The first kappa shape index (κ1) is 23.3. The molecule has 6 nitrogen and oxygen atoms in total. The SMILES string of the molecule is CCC1CN(C(=NC)NCCCN(CC)S(C)(=O)=O)CCS1.I. The summed E-state index contributed by atoms with van der Waals surface area (Å²) in [5.41, 5.74) is 0. The van der Waals surface area contributed by atoms with Gasteiger partial charge in [-0.1, -0.05) is 13.8 Å². The number of rotatable bonds is 7. The third-order valence-electron chi connectivity index (χ3n) is 3.79. The van der Waals surface area contributed by atoms with Gasteiger partial charge in [0.25, 0.3) is 0 Å². The fourth-order valence-corrected chi connectivity index (χ4v) is 4.61. The first-order valence-electron chi connectivity index (χ1n) is 7.94. The van der Waals surface area contributed by atoms with Crippen LogP contribution in [0.2, 0.25) is 0 Å². The predicted octanol–water partition coefficient (Wildman–Crippen LogP) is 1.68. The Morgan fingerprint density at radius 1 is 1.43 bits per heavy atom. The van der Waals surface area contributed by atoms with Crippen LogP contribution in [0.1, 0.15) is 26.7 Å². The quantitative estimate of drug-likeness (QED) is 0.261. The number of guanidine groups is 1. The van der Waals surface area contributed by atoms with E-state index in [9.17, 15) is 8.42 Å². The summed E-state index contributed by atoms with van der Waals surface area (Å²) in [7, 11) is -1.28. The van der Waals surface area contributed by atoms with Gasteiger partial charge in [0.1, 0.15) is 0 Å². The Morgan fingerprint density at radius 2 is 2.13 bits per heavy atom. The lowest BCUT2D eigenvalue weighted by molar-refractivity contribution is 0.400. The van der Waals surface area contributed by atoms with E-state index in [1.807, 2.05) is 18.7 Å². The van der Waals surface area contributed by atoms with Gasteiger partial charge >= 0.3 is 0 Å². The maximum atomic E-state index is 11.5. The fraction of sp³-hybridized carbons (Fsp3) is 0.929. The van der Waals surface area contributed by atoms with Gasteiger partial charge in [-0.2, -0.15) is 11.8 Å². The minimum Gasteiger partial charge on any atom is -0.356 e. The van der Waals surface area contributed by atoms with Crippen molar-refractivity contribution in [2.45, 2.75) is 31.9 Å². The molecule has 1 unspecified atom stereocenters. The van der Waals surface area contributed by atoms with E-state index in [-0.39, 0.29) is 24.0 Å². The largest absolute Gasteiger partial charge is 0.356 e. The van der Waals surface area contributed by atoms with E-state index in [1.165, 1.54) is 17.0 Å². The molecule has 0 aromatic heterocycles. The van der Waals surface area contributed by atoms with Gasteiger partial charge in [0, 0.05) is 50.8 Å². The van der Waals surface area contributed by atoms with Crippen LogP contribution < -0.4 is 5.32 Å². The molecule has 1 aliphatic heterocycles. The molecule has 1 fully saturated rings. The molecule has 1 saturated heterocycles. The Hall–Kier alpha value is 0.260. The third-order valence-corrected chi connectivity index (χ3v) is 6.55. The van der Waals surface area contributed by atoms with Gasteiger partial charge in [0.2, 0.25) is 10.0 Å². The molecule has 1 heterocycles. The zero-order chi connectivity index (χ0) is 16.6. The van der Waals surface area contributed by atoms with Crippen molar-refractivity contribution in [1.29, 1.82) is 0 Å². The smallest absolute Gasteiger partial charge is 0.211 e. The minimum absolute atomic E-state index is 0. The number of hydrogen-bond donors (Lipinski definition) is 1. The van der Waals surface area contributed by atoms with Crippen molar-refractivity contribution >= 4 is 51.7 Å². The van der Waals surface area contributed by atoms with Crippen LogP contribution in [-0.2, 0) is 10.0 Å². The molecule has 0 bridgehead atoms. The lowest BCUT2D eigenvalue weighted by Gasteiger charge is -2.34. The molecule has 0 aromatic carbocycles. The van der Waals surface area contributed by atoms with E-state index in [0.717, 1.165) is 37.8 Å². The van der Waals surface area contributed by atoms with Gasteiger partial charge in [-0.3, -0.25) is 4.99 Å². The molecule has 0 spiro atoms. The summed E-state index contributed by atoms with van der Waals surface area (Å²) >= 11 is 2.03. The zero-order valence-electron chi connectivity index (χ0n) is 14.6. The Morgan fingerprint density at radius 3 is 2.65 bits per heavy atom. The van der Waals surface area contributed by atoms with Crippen LogP contribution >= 0.6 is 35.7 Å². The normalized spacial score (nSPS) is 19.6. The molecular formula is C14H31IN4O2S2. The average Bonchev–Trinajstić information content (AvgIpc) is 2.49. The molecule has 0 aromatic rings. The van der Waals surface area contributed by atoms with Crippen molar-refractivity contribution in [3.8, 4) is 0 Å². The maximum absolute atomic E-state index is 11.5. The number of nitrogens with one attached hydrogen (secondary N) is 1. The molecule has 138 valence electrons. The van der Waals surface area contributed by atoms with Crippen molar-refractivity contribution in [2.24, 2.45) is 4.99 Å². The summed E-state index contributed by atoms with van der Waals surface area (Å²) in [4.78, 5) is 6.66. The van der Waals surface area contributed by atoms with E-state index < -0.39 is 10.0 Å². The number of thioether (sulfide) groups is 1. The Bertz CT molecular complexity index is 460. The van der Waals surface area contributed by atoms with Crippen LogP contribution in [0.5, 0.6) is 0 Å². The molecule has 23 heavy (non-hydrogen) atoms. The first-order chi connectivity index (χ1) is 10.4. The summed E-state index contributed by atoms with van der Waals surface area (Å²) in [5, 5.41) is 4.03. The lowest BCUT2D eigenvalue weighted by Crippen LogP contribution is -2.48. The zero-order valence-corrected chi connectivity index (χ0v) is 18.6. The van der Waals surface area contributed by atoms with E-state index in [2.05, 4.69) is 22.1 Å². The Balaban J connectivity index is 0.00000484. The molecule has 1 atom stereocenters. The number of aliphatic imine (C=N–C) groups is 1. The number of nitrogens with zero attached hydrogens (tertiary/aromatic N) is 3. The third kappa shape index (κ3) is 8.26. The highest BCUT2D eigenvalue weighted by atomic mass is 127. The molecule has 0 amide bonds. The molecule has 1 aliphatic rings. The van der Waals surface area contributed by atoms with Gasteiger partial charge in [0.15, 0.2) is 5.96 Å². The van der Waals surface area contributed by atoms with Crippen molar-refractivity contribution in [2.75, 3.05) is 51.8 Å². The summed E-state index contributed by atoms with van der Waals surface area (Å²) in [6.45, 7) is 7.95. The van der Waals surface area contributed by atoms with E-state index in [0.29, 0.717) is 18.3 Å². The molecule has 0 saturated carbocycles. The van der Waals surface area contributed by atoms with E-state index >= 15 is 0 Å². The van der Waals surface area contributed by atoms with Gasteiger partial charge in [-0.25, -0.2) is 12.7 Å². The van der Waals surface area contributed by atoms with Gasteiger partial charge in [-0.05, 0) is 12.8 Å². The van der Waals surface area contributed by atoms with Crippen LogP contribution in [0.25, 0.3) is 0 Å². The second-order valence-electron chi connectivity index (χ2n) is 5.43. The van der Waals surface area contributed by atoms with Gasteiger partial charge < -0.3 is 10.2 Å². The maximum Gasteiger partial charge on any atom is 0.211 e. The lowest BCUT2D eigenvalue weighted by atomic mass is 10.3. The van der Waals surface area contributed by atoms with Crippen LogP contribution in [0.3, 0.4) is 0 Å². The summed E-state index contributed by atoms with van der Waals surface area (Å²) in [6, 6.07) is 0. The number of sulfonamides is 1. The molecule has 1 rings (SSSR count). The standard InChI is InChI=1S/C14H30N4O2S2.HI/c1-5-13-12-17(10-11-21-13)14(15-3)16-8-7-9-18(6-2)22(4,19)20;/h13H,5-12H2,1-4H3,(H,15,16);1H. The predicted molar refractivity (Wildman–Crippen MR) is 112 cm³/mol. The molecule has 1 N–H and O–H groups in total. The van der Waals surface area contributed by atoms with Crippen LogP contribution in [0, 0.1) is 0 Å². The first-order valence-corrected chi connectivity index (χ1v) is 10.8. The van der Waals surface area contributed by atoms with Crippen molar-refractivity contribution in [3.63, 3.8) is 0 Å². The highest BCUT2D eigenvalue weighted by Gasteiger charge is 2.21. The highest BCUT2D eigenvalue weighted by Crippen LogP contribution is 2.20. The van der Waals surface area contributed by atoms with Crippen molar-refractivity contribution in [1.82, 2.24) is 14.5 Å². The summed E-state index contributed by atoms with van der Waals surface area (Å²) < 4.78 is 24.6. The fourth-order valence-electron chi connectivity index (χ4n) is 2.51. The Labute approximate surface area is 162 Å². The summed E-state index contributed by atoms with van der Waals surface area (Å²) in [6.07, 6.45) is 3.22. The molecule has 0 radical (unpaired) electrons. The van der Waals surface area contributed by atoms with E-state index in [1.54, 1.807) is 7.05 Å². The molecule has 9 heteroatoms. The average molecular weight is 478 g/mol.